The Balaban J connectivity index is 2.70. The van der Waals surface area contributed by atoms with E-state index in [9.17, 15) is 13.2 Å². The molecule has 0 radical (unpaired) electrons. The zero-order chi connectivity index (χ0) is 15.2. The lowest BCUT2D eigenvalue weighted by molar-refractivity contribution is -0.274. The third kappa shape index (κ3) is 6.49. The number of hydrazine groups is 1. The molecule has 0 aromatic heterocycles. The van der Waals surface area contributed by atoms with Gasteiger partial charge in [-0.05, 0) is 29.4 Å². The molecule has 0 aliphatic heterocycles. The van der Waals surface area contributed by atoms with Gasteiger partial charge in [0.1, 0.15) is 5.75 Å². The van der Waals surface area contributed by atoms with Crippen molar-refractivity contribution in [1.82, 2.24) is 5.43 Å². The number of alkyl halides is 3. The van der Waals surface area contributed by atoms with Gasteiger partial charge in [0.05, 0.1) is 6.04 Å². The predicted octanol–water partition coefficient (Wildman–Crippen LogP) is 3.48. The maximum absolute atomic E-state index is 12.2. The maximum Gasteiger partial charge on any atom is 0.573 e. The summed E-state index contributed by atoms with van der Waals surface area (Å²) in [5, 5.41) is 0. The van der Waals surface area contributed by atoms with Gasteiger partial charge in [-0.25, -0.2) is 0 Å². The highest BCUT2D eigenvalue weighted by Crippen LogP contribution is 2.26. The molecule has 7 heteroatoms. The van der Waals surface area contributed by atoms with Crippen molar-refractivity contribution in [3.63, 3.8) is 0 Å². The molecular weight excluding hydrogens is 289 g/mol. The highest BCUT2D eigenvalue weighted by molar-refractivity contribution is 7.99. The van der Waals surface area contributed by atoms with Crippen LogP contribution in [0.3, 0.4) is 0 Å². The van der Waals surface area contributed by atoms with Gasteiger partial charge in [-0.2, -0.15) is 11.8 Å². The van der Waals surface area contributed by atoms with E-state index in [1.165, 1.54) is 18.2 Å². The topological polar surface area (TPSA) is 47.3 Å². The minimum absolute atomic E-state index is 0.212. The molecule has 0 saturated heterocycles. The minimum atomic E-state index is -4.68. The average molecular weight is 308 g/mol. The summed E-state index contributed by atoms with van der Waals surface area (Å²) in [4.78, 5) is 0. The minimum Gasteiger partial charge on any atom is -0.406 e. The van der Waals surface area contributed by atoms with Gasteiger partial charge in [0.15, 0.2) is 0 Å². The Morgan fingerprint density at radius 2 is 2.00 bits per heavy atom. The molecule has 3 nitrogen and oxygen atoms in total. The van der Waals surface area contributed by atoms with E-state index in [4.69, 9.17) is 5.84 Å². The Kier molecular flexibility index (Phi) is 6.64. The van der Waals surface area contributed by atoms with Crippen LogP contribution in [0.25, 0.3) is 0 Å². The first-order valence-corrected chi connectivity index (χ1v) is 7.37. The summed E-state index contributed by atoms with van der Waals surface area (Å²) in [6.45, 7) is 4.21. The molecule has 20 heavy (non-hydrogen) atoms. The molecule has 0 spiro atoms. The molecule has 1 atom stereocenters. The van der Waals surface area contributed by atoms with Gasteiger partial charge in [0.2, 0.25) is 0 Å². The van der Waals surface area contributed by atoms with Gasteiger partial charge in [-0.15, -0.1) is 13.2 Å². The van der Waals surface area contributed by atoms with Crippen molar-refractivity contribution in [2.75, 3.05) is 11.5 Å². The van der Waals surface area contributed by atoms with Crippen LogP contribution in [0, 0.1) is 5.92 Å². The summed E-state index contributed by atoms with van der Waals surface area (Å²) in [7, 11) is 0. The summed E-state index contributed by atoms with van der Waals surface area (Å²) in [6.07, 6.45) is -4.68. The zero-order valence-corrected chi connectivity index (χ0v) is 12.2. The molecule has 3 N–H and O–H groups in total. The normalized spacial score (nSPS) is 13.6. The van der Waals surface area contributed by atoms with Crippen LogP contribution in [0.4, 0.5) is 13.2 Å². The second-order valence-corrected chi connectivity index (χ2v) is 5.85. The predicted molar refractivity (Wildman–Crippen MR) is 75.4 cm³/mol. The molecule has 0 heterocycles. The largest absolute Gasteiger partial charge is 0.573 e. The molecule has 1 aromatic rings. The zero-order valence-electron chi connectivity index (χ0n) is 11.4. The number of hydrogen-bond acceptors (Lipinski definition) is 4. The molecule has 1 unspecified atom stereocenters. The van der Waals surface area contributed by atoms with E-state index in [0.29, 0.717) is 17.2 Å². The van der Waals surface area contributed by atoms with Crippen molar-refractivity contribution in [3.05, 3.63) is 29.8 Å². The number of benzene rings is 1. The third-order valence-corrected chi connectivity index (χ3v) is 3.90. The standard InChI is InChI=1S/C13H19F3N2OS/c1-9(2)7-20-8-12(18-17)10-4-3-5-11(6-10)19-13(14,15)16/h3-6,9,12,18H,7-8,17H2,1-2H3. The summed E-state index contributed by atoms with van der Waals surface area (Å²) in [5.41, 5.74) is 3.30. The van der Waals surface area contributed by atoms with E-state index in [1.807, 2.05) is 0 Å². The molecule has 0 amide bonds. The lowest BCUT2D eigenvalue weighted by atomic mass is 10.1. The first-order chi connectivity index (χ1) is 9.31. The van der Waals surface area contributed by atoms with Crippen molar-refractivity contribution in [2.45, 2.75) is 26.3 Å². The van der Waals surface area contributed by atoms with Crippen molar-refractivity contribution in [2.24, 2.45) is 11.8 Å². The first kappa shape index (κ1) is 17.1. The van der Waals surface area contributed by atoms with Gasteiger partial charge in [0.25, 0.3) is 0 Å². The second-order valence-electron chi connectivity index (χ2n) is 4.77. The molecule has 114 valence electrons. The highest BCUT2D eigenvalue weighted by Gasteiger charge is 2.31. The fraction of sp³-hybridized carbons (Fsp3) is 0.538. The van der Waals surface area contributed by atoms with E-state index in [2.05, 4.69) is 24.0 Å². The summed E-state index contributed by atoms with van der Waals surface area (Å²) < 4.78 is 40.4. The fourth-order valence-corrected chi connectivity index (χ4v) is 2.72. The van der Waals surface area contributed by atoms with Crippen LogP contribution in [0.2, 0.25) is 0 Å². The van der Waals surface area contributed by atoms with Gasteiger partial charge >= 0.3 is 6.36 Å². The van der Waals surface area contributed by atoms with Crippen molar-refractivity contribution in [1.29, 1.82) is 0 Å². The number of thioether (sulfide) groups is 1. The number of nitrogens with two attached hydrogens (primary N) is 1. The van der Waals surface area contributed by atoms with Crippen LogP contribution in [0.5, 0.6) is 5.75 Å². The Labute approximate surface area is 121 Å². The second kappa shape index (κ2) is 7.75. The van der Waals surface area contributed by atoms with Crippen LogP contribution in [0.1, 0.15) is 25.5 Å². The van der Waals surface area contributed by atoms with Gasteiger partial charge in [-0.1, -0.05) is 26.0 Å². The maximum atomic E-state index is 12.2. The average Bonchev–Trinajstić information content (AvgIpc) is 2.32. The lowest BCUT2D eigenvalue weighted by Gasteiger charge is -2.18. The smallest absolute Gasteiger partial charge is 0.406 e. The summed E-state index contributed by atoms with van der Waals surface area (Å²) >= 11 is 1.70. The monoisotopic (exact) mass is 308 g/mol. The number of nitrogens with one attached hydrogen (secondary N) is 1. The van der Waals surface area contributed by atoms with E-state index in [-0.39, 0.29) is 11.8 Å². The number of halogens is 3. The molecule has 0 bridgehead atoms. The van der Waals surface area contributed by atoms with E-state index >= 15 is 0 Å². The molecule has 1 aromatic carbocycles. The number of ether oxygens (including phenoxy) is 1. The molecule has 0 aliphatic carbocycles. The Hall–Kier alpha value is -0.920. The molecule has 0 fully saturated rings. The van der Waals surface area contributed by atoms with Crippen molar-refractivity contribution < 1.29 is 17.9 Å². The van der Waals surface area contributed by atoms with Gasteiger partial charge in [0, 0.05) is 5.75 Å². The third-order valence-electron chi connectivity index (χ3n) is 2.43. The Bertz CT molecular complexity index is 413. The molecule has 0 aliphatic rings. The van der Waals surface area contributed by atoms with E-state index in [0.717, 1.165) is 5.75 Å². The molecule has 1 rings (SSSR count). The van der Waals surface area contributed by atoms with Gasteiger partial charge in [-0.3, -0.25) is 11.3 Å². The number of rotatable bonds is 7. The quantitative estimate of drug-likeness (QED) is 0.598. The first-order valence-electron chi connectivity index (χ1n) is 6.21. The van der Waals surface area contributed by atoms with Crippen LogP contribution in [-0.4, -0.2) is 17.9 Å². The van der Waals surface area contributed by atoms with Crippen molar-refractivity contribution in [3.8, 4) is 5.75 Å². The molecular formula is C13H19F3N2OS. The highest BCUT2D eigenvalue weighted by atomic mass is 32.2. The Morgan fingerprint density at radius 3 is 2.55 bits per heavy atom. The van der Waals surface area contributed by atoms with Crippen molar-refractivity contribution >= 4 is 11.8 Å². The summed E-state index contributed by atoms with van der Waals surface area (Å²) in [6, 6.07) is 5.66. The SMILES string of the molecule is CC(C)CSCC(NN)c1cccc(OC(F)(F)F)c1. The van der Waals surface area contributed by atoms with Gasteiger partial charge < -0.3 is 4.74 Å². The number of hydrogen-bond donors (Lipinski definition) is 2. The lowest BCUT2D eigenvalue weighted by Crippen LogP contribution is -2.30. The van der Waals surface area contributed by atoms with E-state index < -0.39 is 6.36 Å². The van der Waals surface area contributed by atoms with Crippen LogP contribution >= 0.6 is 11.8 Å². The van der Waals surface area contributed by atoms with Crippen LogP contribution < -0.4 is 16.0 Å². The summed E-state index contributed by atoms with van der Waals surface area (Å²) in [5.74, 6) is 7.45. The van der Waals surface area contributed by atoms with Crippen LogP contribution in [0.15, 0.2) is 24.3 Å². The molecule has 0 saturated carbocycles. The fourth-order valence-electron chi connectivity index (χ4n) is 1.59. The van der Waals surface area contributed by atoms with Crippen LogP contribution in [-0.2, 0) is 0 Å². The van der Waals surface area contributed by atoms with E-state index in [1.54, 1.807) is 17.8 Å². The Morgan fingerprint density at radius 1 is 1.30 bits per heavy atom.